The third-order valence-corrected chi connectivity index (χ3v) is 4.18. The van der Waals surface area contributed by atoms with Gasteiger partial charge in [0.2, 0.25) is 0 Å². The molecule has 21 heavy (non-hydrogen) atoms. The largest absolute Gasteiger partial charge is 0.382 e. The Morgan fingerprint density at radius 3 is 2.57 bits per heavy atom. The first-order valence-electron chi connectivity index (χ1n) is 8.33. The first kappa shape index (κ1) is 16.2. The summed E-state index contributed by atoms with van der Waals surface area (Å²) in [5.74, 6) is 1.54. The van der Waals surface area contributed by atoms with Gasteiger partial charge in [-0.1, -0.05) is 40.0 Å². The van der Waals surface area contributed by atoms with Crippen LogP contribution in [-0.2, 0) is 5.41 Å². The Kier molecular flexibility index (Phi) is 5.57. The minimum Gasteiger partial charge on any atom is -0.382 e. The quantitative estimate of drug-likeness (QED) is 0.814. The molecular formula is C17H30N4. The van der Waals surface area contributed by atoms with E-state index in [4.69, 9.17) is 10.7 Å². The second kappa shape index (κ2) is 7.21. The lowest BCUT2D eigenvalue weighted by atomic mass is 9.85. The summed E-state index contributed by atoms with van der Waals surface area (Å²) in [5, 5.41) is 3.49. The van der Waals surface area contributed by atoms with Crippen molar-refractivity contribution in [3.8, 4) is 0 Å². The molecule has 0 bridgehead atoms. The van der Waals surface area contributed by atoms with Gasteiger partial charge < -0.3 is 11.1 Å². The molecule has 1 aromatic rings. The molecule has 0 spiro atoms. The number of aromatic nitrogens is 2. The number of hydrogen-bond donors (Lipinski definition) is 2. The van der Waals surface area contributed by atoms with Gasteiger partial charge in [0.05, 0.1) is 17.6 Å². The second-order valence-electron chi connectivity index (χ2n) is 7.15. The fourth-order valence-electron chi connectivity index (χ4n) is 2.90. The van der Waals surface area contributed by atoms with Gasteiger partial charge in [0.1, 0.15) is 5.82 Å². The average molecular weight is 290 g/mol. The second-order valence-corrected chi connectivity index (χ2v) is 7.15. The molecule has 0 aromatic carbocycles. The highest BCUT2D eigenvalue weighted by Crippen LogP contribution is 2.36. The van der Waals surface area contributed by atoms with Crippen molar-refractivity contribution in [3.63, 3.8) is 0 Å². The maximum absolute atomic E-state index is 5.58. The molecule has 2 rings (SSSR count). The molecule has 0 radical (unpaired) electrons. The smallest absolute Gasteiger partial charge is 0.134 e. The molecule has 1 fully saturated rings. The van der Waals surface area contributed by atoms with Crippen molar-refractivity contribution >= 4 is 5.69 Å². The zero-order chi connectivity index (χ0) is 15.3. The molecule has 1 aliphatic carbocycles. The van der Waals surface area contributed by atoms with Crippen molar-refractivity contribution in [1.82, 2.24) is 9.97 Å². The van der Waals surface area contributed by atoms with Crippen LogP contribution in [0.5, 0.6) is 0 Å². The molecule has 4 nitrogen and oxygen atoms in total. The van der Waals surface area contributed by atoms with Crippen LogP contribution >= 0.6 is 0 Å². The number of nitrogens with one attached hydrogen (secondary N) is 1. The third kappa shape index (κ3) is 4.40. The molecule has 0 atom stereocenters. The highest BCUT2D eigenvalue weighted by atomic mass is 15.0. The maximum atomic E-state index is 5.58. The van der Waals surface area contributed by atoms with Crippen LogP contribution in [0.3, 0.4) is 0 Å². The van der Waals surface area contributed by atoms with Crippen LogP contribution in [0.25, 0.3) is 0 Å². The molecule has 1 heterocycles. The number of nitrogens with two attached hydrogens (primary N) is 1. The highest BCUT2D eigenvalue weighted by Gasteiger charge is 2.24. The Morgan fingerprint density at radius 1 is 1.24 bits per heavy atom. The predicted molar refractivity (Wildman–Crippen MR) is 88.7 cm³/mol. The number of anilines is 1. The van der Waals surface area contributed by atoms with Crippen LogP contribution in [0.1, 0.15) is 76.7 Å². The molecular weight excluding hydrogens is 260 g/mol. The fourth-order valence-corrected chi connectivity index (χ4v) is 2.90. The highest BCUT2D eigenvalue weighted by molar-refractivity contribution is 5.48. The Labute approximate surface area is 128 Å². The van der Waals surface area contributed by atoms with Crippen LogP contribution in [0.15, 0.2) is 6.20 Å². The van der Waals surface area contributed by atoms with Gasteiger partial charge in [-0.2, -0.15) is 0 Å². The van der Waals surface area contributed by atoms with Gasteiger partial charge in [-0.3, -0.25) is 0 Å². The van der Waals surface area contributed by atoms with Gasteiger partial charge in [0.15, 0.2) is 0 Å². The minimum absolute atomic E-state index is 0.000788. The van der Waals surface area contributed by atoms with E-state index in [0.29, 0.717) is 12.5 Å². The zero-order valence-electron chi connectivity index (χ0n) is 13.8. The number of nitrogens with zero attached hydrogens (tertiary/aromatic N) is 2. The lowest BCUT2D eigenvalue weighted by Crippen LogP contribution is -2.20. The lowest BCUT2D eigenvalue weighted by Gasteiger charge is -2.26. The Hall–Kier alpha value is -1.16. The van der Waals surface area contributed by atoms with E-state index in [0.717, 1.165) is 24.5 Å². The SMILES string of the molecule is CC(C)(C)c1ncc(NCCCN)c(C2CCCCC2)n1. The van der Waals surface area contributed by atoms with Crippen molar-refractivity contribution in [2.24, 2.45) is 5.73 Å². The molecule has 0 saturated heterocycles. The van der Waals surface area contributed by atoms with Gasteiger partial charge in [0, 0.05) is 17.9 Å². The molecule has 0 aliphatic heterocycles. The summed E-state index contributed by atoms with van der Waals surface area (Å²) in [6.45, 7) is 8.14. The van der Waals surface area contributed by atoms with E-state index in [1.807, 2.05) is 6.20 Å². The van der Waals surface area contributed by atoms with Crippen LogP contribution in [0.2, 0.25) is 0 Å². The van der Waals surface area contributed by atoms with Gasteiger partial charge >= 0.3 is 0 Å². The predicted octanol–water partition coefficient (Wildman–Crippen LogP) is 3.58. The van der Waals surface area contributed by atoms with Crippen molar-refractivity contribution in [2.45, 2.75) is 70.6 Å². The summed E-state index contributed by atoms with van der Waals surface area (Å²) in [6, 6.07) is 0. The first-order valence-corrected chi connectivity index (χ1v) is 8.33. The van der Waals surface area contributed by atoms with E-state index in [2.05, 4.69) is 31.1 Å². The Morgan fingerprint density at radius 2 is 1.95 bits per heavy atom. The van der Waals surface area contributed by atoms with E-state index in [1.54, 1.807) is 0 Å². The molecule has 0 amide bonds. The van der Waals surface area contributed by atoms with Crippen molar-refractivity contribution in [2.75, 3.05) is 18.4 Å². The molecule has 1 aliphatic rings. The lowest BCUT2D eigenvalue weighted by molar-refractivity contribution is 0.432. The standard InChI is InChI=1S/C17H30N4/c1-17(2,3)16-20-12-14(19-11-7-10-18)15(21-16)13-8-5-4-6-9-13/h12-13,19H,4-11,18H2,1-3H3. The molecule has 1 saturated carbocycles. The van der Waals surface area contributed by atoms with Crippen LogP contribution in [0.4, 0.5) is 5.69 Å². The van der Waals surface area contributed by atoms with E-state index in [9.17, 15) is 0 Å². The van der Waals surface area contributed by atoms with E-state index >= 15 is 0 Å². The summed E-state index contributed by atoms with van der Waals surface area (Å²) < 4.78 is 0. The molecule has 118 valence electrons. The summed E-state index contributed by atoms with van der Waals surface area (Å²) in [7, 11) is 0. The van der Waals surface area contributed by atoms with Gasteiger partial charge in [-0.25, -0.2) is 9.97 Å². The number of rotatable bonds is 5. The van der Waals surface area contributed by atoms with E-state index in [1.165, 1.54) is 37.8 Å². The summed E-state index contributed by atoms with van der Waals surface area (Å²) in [5.41, 5.74) is 7.93. The number of hydrogen-bond acceptors (Lipinski definition) is 4. The Bertz CT molecular complexity index is 445. The summed E-state index contributed by atoms with van der Waals surface area (Å²) >= 11 is 0. The fraction of sp³-hybridized carbons (Fsp3) is 0.765. The van der Waals surface area contributed by atoms with Crippen molar-refractivity contribution in [3.05, 3.63) is 17.7 Å². The van der Waals surface area contributed by atoms with Gasteiger partial charge in [0.25, 0.3) is 0 Å². The van der Waals surface area contributed by atoms with Crippen LogP contribution < -0.4 is 11.1 Å². The average Bonchev–Trinajstić information content (AvgIpc) is 2.47. The molecule has 3 N–H and O–H groups in total. The van der Waals surface area contributed by atoms with Crippen molar-refractivity contribution < 1.29 is 0 Å². The topological polar surface area (TPSA) is 63.8 Å². The van der Waals surface area contributed by atoms with Gasteiger partial charge in [-0.15, -0.1) is 0 Å². The van der Waals surface area contributed by atoms with E-state index in [-0.39, 0.29) is 5.41 Å². The summed E-state index contributed by atoms with van der Waals surface area (Å²) in [6.07, 6.45) is 9.48. The maximum Gasteiger partial charge on any atom is 0.134 e. The van der Waals surface area contributed by atoms with E-state index < -0.39 is 0 Å². The third-order valence-electron chi connectivity index (χ3n) is 4.18. The summed E-state index contributed by atoms with van der Waals surface area (Å²) in [4.78, 5) is 9.52. The molecule has 0 unspecified atom stereocenters. The monoisotopic (exact) mass is 290 g/mol. The van der Waals surface area contributed by atoms with Crippen molar-refractivity contribution in [1.29, 1.82) is 0 Å². The first-order chi connectivity index (χ1) is 10.0. The molecule has 4 heteroatoms. The normalized spacial score (nSPS) is 17.0. The minimum atomic E-state index is -0.000788. The van der Waals surface area contributed by atoms with Crippen LogP contribution in [0, 0.1) is 0 Å². The Balaban J connectivity index is 2.25. The zero-order valence-corrected chi connectivity index (χ0v) is 13.8. The van der Waals surface area contributed by atoms with Gasteiger partial charge in [-0.05, 0) is 25.8 Å². The van der Waals surface area contributed by atoms with Crippen LogP contribution in [-0.4, -0.2) is 23.1 Å². The molecule has 1 aromatic heterocycles.